The van der Waals surface area contributed by atoms with Crippen LogP contribution in [0, 0.1) is 5.92 Å². The summed E-state index contributed by atoms with van der Waals surface area (Å²) < 4.78 is 5.14. The van der Waals surface area contributed by atoms with Crippen LogP contribution in [-0.2, 0) is 4.74 Å². The van der Waals surface area contributed by atoms with Gasteiger partial charge in [-0.3, -0.25) is 5.21 Å². The highest BCUT2D eigenvalue weighted by Gasteiger charge is 2.27. The molecule has 0 spiro atoms. The minimum atomic E-state index is -1.29. The summed E-state index contributed by atoms with van der Waals surface area (Å²) in [6.45, 7) is 3.02. The molecule has 0 radical (unpaired) electrons. The van der Waals surface area contributed by atoms with Crippen molar-refractivity contribution in [3.63, 3.8) is 0 Å². The number of hydroxylamine groups is 2. The molecular weight excluding hydrogens is 174 g/mol. The fourth-order valence-electron chi connectivity index (χ4n) is 1.57. The molecule has 1 rings (SSSR count). The fraction of sp³-hybridized carbons (Fsp3) is 0.875. The van der Waals surface area contributed by atoms with Gasteiger partial charge in [0.1, 0.15) is 0 Å². The predicted molar refractivity (Wildman–Crippen MR) is 44.7 cm³/mol. The highest BCUT2D eigenvalue weighted by molar-refractivity contribution is 5.63. The van der Waals surface area contributed by atoms with Gasteiger partial charge in [0.15, 0.2) is 0 Å². The van der Waals surface area contributed by atoms with Crippen LogP contribution in [0.25, 0.3) is 0 Å². The van der Waals surface area contributed by atoms with Gasteiger partial charge in [-0.2, -0.15) is 5.06 Å². The molecule has 1 saturated heterocycles. The van der Waals surface area contributed by atoms with Crippen molar-refractivity contribution < 1.29 is 19.8 Å². The zero-order valence-corrected chi connectivity index (χ0v) is 7.64. The second-order valence-corrected chi connectivity index (χ2v) is 3.32. The van der Waals surface area contributed by atoms with Crippen LogP contribution in [0.3, 0.4) is 0 Å². The largest absolute Gasteiger partial charge is 0.463 e. The van der Waals surface area contributed by atoms with Crippen LogP contribution >= 0.6 is 0 Å². The number of ether oxygens (including phenoxy) is 1. The van der Waals surface area contributed by atoms with Crippen LogP contribution in [0.5, 0.6) is 0 Å². The van der Waals surface area contributed by atoms with E-state index < -0.39 is 6.09 Å². The van der Waals surface area contributed by atoms with Crippen molar-refractivity contribution >= 4 is 6.09 Å². The normalized spacial score (nSPS) is 21.1. The summed E-state index contributed by atoms with van der Waals surface area (Å²) in [6, 6.07) is -0.346. The number of amides is 1. The number of hydrogen-bond acceptors (Lipinski definition) is 3. The van der Waals surface area contributed by atoms with Gasteiger partial charge >= 0.3 is 6.09 Å². The van der Waals surface area contributed by atoms with Crippen LogP contribution in [0.15, 0.2) is 0 Å². The van der Waals surface area contributed by atoms with E-state index in [1.165, 1.54) is 0 Å². The summed E-state index contributed by atoms with van der Waals surface area (Å²) in [4.78, 5) is 10.4. The number of hydrogen-bond donors (Lipinski definition) is 2. The first-order chi connectivity index (χ1) is 6.13. The maximum absolute atomic E-state index is 10.4. The zero-order chi connectivity index (χ0) is 9.84. The molecule has 0 bridgehead atoms. The molecule has 5 heteroatoms. The Morgan fingerprint density at radius 1 is 1.54 bits per heavy atom. The van der Waals surface area contributed by atoms with Gasteiger partial charge in [0.05, 0.1) is 6.04 Å². The summed E-state index contributed by atoms with van der Waals surface area (Å²) >= 11 is 0. The van der Waals surface area contributed by atoms with E-state index in [4.69, 9.17) is 15.1 Å². The molecular formula is C8H15NO4. The van der Waals surface area contributed by atoms with E-state index in [0.717, 1.165) is 12.8 Å². The number of carbonyl (C=O) groups is 1. The van der Waals surface area contributed by atoms with E-state index in [9.17, 15) is 4.79 Å². The first kappa shape index (κ1) is 10.3. The van der Waals surface area contributed by atoms with Gasteiger partial charge in [-0.1, -0.05) is 0 Å². The van der Waals surface area contributed by atoms with Gasteiger partial charge in [-0.15, -0.1) is 0 Å². The predicted octanol–water partition coefficient (Wildman–Crippen LogP) is 1.17. The summed E-state index contributed by atoms with van der Waals surface area (Å²) in [5.41, 5.74) is 0. The molecule has 0 aromatic carbocycles. The summed E-state index contributed by atoms with van der Waals surface area (Å²) in [7, 11) is 0. The maximum atomic E-state index is 10.4. The molecule has 1 heterocycles. The van der Waals surface area contributed by atoms with Crippen molar-refractivity contribution in [1.29, 1.82) is 0 Å². The van der Waals surface area contributed by atoms with Gasteiger partial charge in [0.2, 0.25) is 0 Å². The molecule has 1 atom stereocenters. The van der Waals surface area contributed by atoms with Crippen molar-refractivity contribution in [3.05, 3.63) is 0 Å². The van der Waals surface area contributed by atoms with E-state index in [1.807, 2.05) is 0 Å². The van der Waals surface area contributed by atoms with Crippen molar-refractivity contribution in [3.8, 4) is 0 Å². The maximum Gasteiger partial charge on any atom is 0.431 e. The van der Waals surface area contributed by atoms with E-state index in [2.05, 4.69) is 0 Å². The fourth-order valence-corrected chi connectivity index (χ4v) is 1.57. The van der Waals surface area contributed by atoms with E-state index in [0.29, 0.717) is 18.3 Å². The average Bonchev–Trinajstić information content (AvgIpc) is 2.17. The number of carboxylic acid groups (broad SMARTS) is 1. The molecule has 5 nitrogen and oxygen atoms in total. The van der Waals surface area contributed by atoms with Crippen LogP contribution in [0.4, 0.5) is 4.79 Å². The lowest BCUT2D eigenvalue weighted by atomic mass is 9.93. The molecule has 2 N–H and O–H groups in total. The first-order valence-electron chi connectivity index (χ1n) is 4.41. The molecule has 0 aromatic rings. The third-order valence-electron chi connectivity index (χ3n) is 2.53. The van der Waals surface area contributed by atoms with Gasteiger partial charge in [-0.25, -0.2) is 4.79 Å². The smallest absolute Gasteiger partial charge is 0.431 e. The third-order valence-corrected chi connectivity index (χ3v) is 2.53. The van der Waals surface area contributed by atoms with Gasteiger partial charge in [0, 0.05) is 13.2 Å². The van der Waals surface area contributed by atoms with Gasteiger partial charge < -0.3 is 9.84 Å². The number of rotatable bonds is 2. The molecule has 0 aromatic heterocycles. The molecule has 1 fully saturated rings. The Bertz CT molecular complexity index is 179. The Labute approximate surface area is 76.9 Å². The Morgan fingerprint density at radius 2 is 2.08 bits per heavy atom. The quantitative estimate of drug-likeness (QED) is 0.505. The van der Waals surface area contributed by atoms with Crippen LogP contribution < -0.4 is 0 Å². The Hall–Kier alpha value is -0.810. The van der Waals surface area contributed by atoms with E-state index in [-0.39, 0.29) is 12.0 Å². The molecule has 1 aliphatic rings. The lowest BCUT2D eigenvalue weighted by molar-refractivity contribution is -0.116. The summed E-state index contributed by atoms with van der Waals surface area (Å²) in [5.74, 6) is 0.204. The Kier molecular flexibility index (Phi) is 3.50. The van der Waals surface area contributed by atoms with Crippen LogP contribution in [0.2, 0.25) is 0 Å². The van der Waals surface area contributed by atoms with Crippen LogP contribution in [0.1, 0.15) is 19.8 Å². The molecule has 1 unspecified atom stereocenters. The van der Waals surface area contributed by atoms with Gasteiger partial charge in [-0.05, 0) is 25.7 Å². The van der Waals surface area contributed by atoms with Crippen molar-refractivity contribution in [1.82, 2.24) is 5.06 Å². The SMILES string of the molecule is CC(C1CCOCC1)N(O)C(=O)O. The topological polar surface area (TPSA) is 70.0 Å². The lowest BCUT2D eigenvalue weighted by Gasteiger charge is -2.30. The van der Waals surface area contributed by atoms with Crippen molar-refractivity contribution in [2.45, 2.75) is 25.8 Å². The second-order valence-electron chi connectivity index (χ2n) is 3.32. The average molecular weight is 189 g/mol. The molecule has 13 heavy (non-hydrogen) atoms. The Balaban J connectivity index is 2.44. The minimum Gasteiger partial charge on any atom is -0.463 e. The summed E-state index contributed by atoms with van der Waals surface area (Å²) in [6.07, 6.45) is 0.329. The van der Waals surface area contributed by atoms with Gasteiger partial charge in [0.25, 0.3) is 0 Å². The molecule has 1 amide bonds. The molecule has 0 saturated carbocycles. The first-order valence-corrected chi connectivity index (χ1v) is 4.41. The van der Waals surface area contributed by atoms with Crippen molar-refractivity contribution in [2.75, 3.05) is 13.2 Å². The highest BCUT2D eigenvalue weighted by Crippen LogP contribution is 2.21. The van der Waals surface area contributed by atoms with E-state index in [1.54, 1.807) is 6.92 Å². The highest BCUT2D eigenvalue weighted by atomic mass is 16.6. The summed E-state index contributed by atoms with van der Waals surface area (Å²) in [5, 5.41) is 18.1. The van der Waals surface area contributed by atoms with E-state index >= 15 is 0 Å². The van der Waals surface area contributed by atoms with Crippen molar-refractivity contribution in [2.24, 2.45) is 5.92 Å². The zero-order valence-electron chi connectivity index (χ0n) is 7.64. The minimum absolute atomic E-state index is 0.204. The Morgan fingerprint density at radius 3 is 2.54 bits per heavy atom. The molecule has 1 aliphatic heterocycles. The van der Waals surface area contributed by atoms with Crippen LogP contribution in [-0.4, -0.2) is 40.7 Å². The number of nitrogens with zero attached hydrogens (tertiary/aromatic N) is 1. The lowest BCUT2D eigenvalue weighted by Crippen LogP contribution is -2.41. The monoisotopic (exact) mass is 189 g/mol. The second kappa shape index (κ2) is 4.43. The molecule has 0 aliphatic carbocycles. The third kappa shape index (κ3) is 2.57. The molecule has 76 valence electrons. The standard InChI is InChI=1S/C8H15NO4/c1-6(9(12)8(10)11)7-2-4-13-5-3-7/h6-7,12H,2-5H2,1H3,(H,10,11).